The zero-order valence-corrected chi connectivity index (χ0v) is 12.7. The van der Waals surface area contributed by atoms with E-state index in [1.165, 1.54) is 0 Å². The molecule has 0 saturated heterocycles. The molecule has 1 heterocycles. The molecule has 2 nitrogen and oxygen atoms in total. The normalized spacial score (nSPS) is 14.6. The van der Waals surface area contributed by atoms with E-state index in [0.717, 1.165) is 12.0 Å². The highest BCUT2D eigenvalue weighted by Gasteiger charge is 2.28. The predicted octanol–water partition coefficient (Wildman–Crippen LogP) is 4.45. The van der Waals surface area contributed by atoms with Crippen molar-refractivity contribution in [2.24, 2.45) is 11.3 Å². The fourth-order valence-corrected chi connectivity index (χ4v) is 1.86. The second kappa shape index (κ2) is 5.83. The van der Waals surface area contributed by atoms with Crippen molar-refractivity contribution in [1.29, 1.82) is 0 Å². The molecule has 1 unspecified atom stereocenters. The van der Waals surface area contributed by atoms with E-state index in [4.69, 9.17) is 4.74 Å². The van der Waals surface area contributed by atoms with Gasteiger partial charge in [0.1, 0.15) is 0 Å². The summed E-state index contributed by atoms with van der Waals surface area (Å²) in [6.45, 7) is 14.1. The summed E-state index contributed by atoms with van der Waals surface area (Å²) >= 11 is 0. The molecular formula is C16H27NO. The van der Waals surface area contributed by atoms with Crippen LogP contribution >= 0.6 is 0 Å². The van der Waals surface area contributed by atoms with Crippen LogP contribution in [0.3, 0.4) is 0 Å². The molecule has 1 rings (SSSR count). The quantitative estimate of drug-likeness (QED) is 0.769. The molecule has 1 aromatic heterocycles. The number of hydrogen-bond donors (Lipinski definition) is 0. The maximum Gasteiger partial charge on any atom is 0.0739 e. The molecule has 0 radical (unpaired) electrons. The highest BCUT2D eigenvalue weighted by atomic mass is 16.5. The highest BCUT2D eigenvalue weighted by molar-refractivity contribution is 5.06. The molecule has 0 amide bonds. The lowest BCUT2D eigenvalue weighted by Gasteiger charge is -2.35. The topological polar surface area (TPSA) is 22.1 Å². The van der Waals surface area contributed by atoms with Crippen molar-refractivity contribution in [1.82, 2.24) is 4.98 Å². The summed E-state index contributed by atoms with van der Waals surface area (Å²) in [5.41, 5.74) is 1.37. The summed E-state index contributed by atoms with van der Waals surface area (Å²) in [5.74, 6) is 0.626. The number of nitrogens with zero attached hydrogens (tertiary/aromatic N) is 1. The Kier molecular flexibility index (Phi) is 4.92. The van der Waals surface area contributed by atoms with Gasteiger partial charge in [-0.15, -0.1) is 0 Å². The Bertz CT molecular complexity index is 351. The van der Waals surface area contributed by atoms with Crippen molar-refractivity contribution in [3.63, 3.8) is 0 Å². The van der Waals surface area contributed by atoms with Gasteiger partial charge in [0.2, 0.25) is 0 Å². The SMILES string of the molecule is CC(CC(C)(C)OCc1cccnc1)C(C)(C)C. The average Bonchev–Trinajstić information content (AvgIpc) is 2.26. The third-order valence-electron chi connectivity index (χ3n) is 3.63. The smallest absolute Gasteiger partial charge is 0.0739 e. The molecule has 0 saturated carbocycles. The molecule has 0 aliphatic rings. The van der Waals surface area contributed by atoms with Crippen molar-refractivity contribution in [3.8, 4) is 0 Å². The summed E-state index contributed by atoms with van der Waals surface area (Å²) in [6, 6.07) is 4.00. The van der Waals surface area contributed by atoms with Gasteiger partial charge in [0.25, 0.3) is 0 Å². The Morgan fingerprint density at radius 3 is 2.39 bits per heavy atom. The summed E-state index contributed by atoms with van der Waals surface area (Å²) in [7, 11) is 0. The first-order valence-corrected chi connectivity index (χ1v) is 6.73. The molecule has 1 atom stereocenters. The summed E-state index contributed by atoms with van der Waals surface area (Å²) in [4.78, 5) is 4.11. The van der Waals surface area contributed by atoms with Gasteiger partial charge in [0, 0.05) is 12.4 Å². The molecule has 102 valence electrons. The zero-order valence-electron chi connectivity index (χ0n) is 12.7. The largest absolute Gasteiger partial charge is 0.371 e. The molecule has 0 aliphatic heterocycles. The lowest BCUT2D eigenvalue weighted by molar-refractivity contribution is -0.0531. The van der Waals surface area contributed by atoms with E-state index in [-0.39, 0.29) is 5.60 Å². The Labute approximate surface area is 112 Å². The maximum absolute atomic E-state index is 6.04. The summed E-state index contributed by atoms with van der Waals surface area (Å²) in [5, 5.41) is 0. The highest BCUT2D eigenvalue weighted by Crippen LogP contribution is 2.33. The summed E-state index contributed by atoms with van der Waals surface area (Å²) < 4.78 is 6.04. The fraction of sp³-hybridized carbons (Fsp3) is 0.688. The minimum atomic E-state index is -0.0947. The second-order valence-corrected chi connectivity index (χ2v) is 6.88. The molecule has 1 aromatic rings. The Hall–Kier alpha value is -0.890. The lowest BCUT2D eigenvalue weighted by atomic mass is 9.76. The van der Waals surface area contributed by atoms with Crippen molar-refractivity contribution in [2.45, 2.75) is 60.2 Å². The second-order valence-electron chi connectivity index (χ2n) is 6.88. The number of hydrogen-bond acceptors (Lipinski definition) is 2. The van der Waals surface area contributed by atoms with Gasteiger partial charge in [-0.05, 0) is 43.2 Å². The molecule has 0 aliphatic carbocycles. The van der Waals surface area contributed by atoms with E-state index in [2.05, 4.69) is 52.6 Å². The molecule has 0 N–H and O–H groups in total. The fourth-order valence-electron chi connectivity index (χ4n) is 1.86. The van der Waals surface area contributed by atoms with Gasteiger partial charge < -0.3 is 4.74 Å². The minimum Gasteiger partial charge on any atom is -0.371 e. The molecule has 0 spiro atoms. The van der Waals surface area contributed by atoms with Crippen LogP contribution in [0.2, 0.25) is 0 Å². The number of ether oxygens (including phenoxy) is 1. The molecule has 18 heavy (non-hydrogen) atoms. The maximum atomic E-state index is 6.04. The number of pyridine rings is 1. The van der Waals surface area contributed by atoms with E-state index >= 15 is 0 Å². The summed E-state index contributed by atoms with van der Waals surface area (Å²) in [6.07, 6.45) is 4.72. The average molecular weight is 249 g/mol. The van der Waals surface area contributed by atoms with Crippen LogP contribution in [0, 0.1) is 11.3 Å². The van der Waals surface area contributed by atoms with Gasteiger partial charge in [-0.3, -0.25) is 4.98 Å². The third-order valence-corrected chi connectivity index (χ3v) is 3.63. The van der Waals surface area contributed by atoms with Crippen LogP contribution in [-0.4, -0.2) is 10.6 Å². The van der Waals surface area contributed by atoms with Crippen LogP contribution in [0.15, 0.2) is 24.5 Å². The number of rotatable bonds is 5. The minimum absolute atomic E-state index is 0.0947. The van der Waals surface area contributed by atoms with Crippen molar-refractivity contribution in [3.05, 3.63) is 30.1 Å². The van der Waals surface area contributed by atoms with Crippen LogP contribution in [0.25, 0.3) is 0 Å². The third kappa shape index (κ3) is 5.18. The Morgan fingerprint density at radius 2 is 1.89 bits per heavy atom. The van der Waals surface area contributed by atoms with Gasteiger partial charge in [-0.1, -0.05) is 33.8 Å². The molecule has 0 aromatic carbocycles. The van der Waals surface area contributed by atoms with Gasteiger partial charge in [0.15, 0.2) is 0 Å². The predicted molar refractivity (Wildman–Crippen MR) is 76.3 cm³/mol. The first kappa shape index (κ1) is 15.2. The van der Waals surface area contributed by atoms with Gasteiger partial charge in [-0.25, -0.2) is 0 Å². The first-order valence-electron chi connectivity index (χ1n) is 6.73. The first-order chi connectivity index (χ1) is 8.21. The van der Waals surface area contributed by atoms with Gasteiger partial charge in [-0.2, -0.15) is 0 Å². The van der Waals surface area contributed by atoms with Crippen LogP contribution in [0.1, 0.15) is 53.5 Å². The van der Waals surface area contributed by atoms with E-state index in [0.29, 0.717) is 17.9 Å². The van der Waals surface area contributed by atoms with Crippen LogP contribution in [-0.2, 0) is 11.3 Å². The standard InChI is InChI=1S/C16H27NO/c1-13(15(2,3)4)10-16(5,6)18-12-14-8-7-9-17-11-14/h7-9,11,13H,10,12H2,1-6H3. The van der Waals surface area contributed by atoms with Crippen molar-refractivity contribution >= 4 is 0 Å². The van der Waals surface area contributed by atoms with E-state index in [1.54, 1.807) is 6.20 Å². The molecule has 0 bridgehead atoms. The van der Waals surface area contributed by atoms with E-state index in [9.17, 15) is 0 Å². The van der Waals surface area contributed by atoms with E-state index in [1.807, 2.05) is 12.3 Å². The van der Waals surface area contributed by atoms with Crippen molar-refractivity contribution < 1.29 is 4.74 Å². The Balaban J connectivity index is 2.50. The van der Waals surface area contributed by atoms with Gasteiger partial charge >= 0.3 is 0 Å². The molecular weight excluding hydrogens is 222 g/mol. The lowest BCUT2D eigenvalue weighted by Crippen LogP contribution is -2.31. The monoisotopic (exact) mass is 249 g/mol. The van der Waals surface area contributed by atoms with Crippen LogP contribution < -0.4 is 0 Å². The zero-order chi connectivity index (χ0) is 13.8. The van der Waals surface area contributed by atoms with Crippen LogP contribution in [0.5, 0.6) is 0 Å². The van der Waals surface area contributed by atoms with Gasteiger partial charge in [0.05, 0.1) is 12.2 Å². The van der Waals surface area contributed by atoms with E-state index < -0.39 is 0 Å². The van der Waals surface area contributed by atoms with Crippen molar-refractivity contribution in [2.75, 3.05) is 0 Å². The van der Waals surface area contributed by atoms with Crippen LogP contribution in [0.4, 0.5) is 0 Å². The molecule has 2 heteroatoms. The molecule has 0 fully saturated rings. The Morgan fingerprint density at radius 1 is 1.22 bits per heavy atom. The number of aromatic nitrogens is 1.